The van der Waals surface area contributed by atoms with Gasteiger partial charge < -0.3 is 9.47 Å². The van der Waals surface area contributed by atoms with Crippen LogP contribution in [0.1, 0.15) is 45.4 Å². The fraction of sp³-hybridized carbons (Fsp3) is 0.929. The molecule has 1 saturated heterocycles. The van der Waals surface area contributed by atoms with Crippen LogP contribution in [0.15, 0.2) is 0 Å². The molecular weight excluding hydrogens is 214 g/mol. The van der Waals surface area contributed by atoms with E-state index in [-0.39, 0.29) is 12.2 Å². The van der Waals surface area contributed by atoms with E-state index in [0.717, 1.165) is 38.9 Å². The first-order chi connectivity index (χ1) is 8.33. The Morgan fingerprint density at radius 2 is 1.76 bits per heavy atom. The van der Waals surface area contributed by atoms with E-state index >= 15 is 0 Å². The van der Waals surface area contributed by atoms with E-state index in [1.54, 1.807) is 0 Å². The number of hydrogen-bond acceptors (Lipinski definition) is 3. The molecular formula is C14H23NO2. The SMILES string of the molecule is CCCC1COC([C@H]2CC[C@H](C#N)CC2)OC1. The lowest BCUT2D eigenvalue weighted by atomic mass is 9.82. The number of nitrogens with zero attached hydrogens (tertiary/aromatic N) is 1. The van der Waals surface area contributed by atoms with Gasteiger partial charge in [-0.3, -0.25) is 0 Å². The molecule has 2 rings (SSSR count). The maximum atomic E-state index is 8.87. The number of ether oxygens (including phenoxy) is 2. The van der Waals surface area contributed by atoms with Crippen LogP contribution in [0, 0.1) is 29.1 Å². The van der Waals surface area contributed by atoms with Gasteiger partial charge in [-0.2, -0.15) is 5.26 Å². The van der Waals surface area contributed by atoms with E-state index in [2.05, 4.69) is 13.0 Å². The number of hydrogen-bond donors (Lipinski definition) is 0. The summed E-state index contributed by atoms with van der Waals surface area (Å²) >= 11 is 0. The van der Waals surface area contributed by atoms with Crippen molar-refractivity contribution < 1.29 is 9.47 Å². The van der Waals surface area contributed by atoms with Crippen LogP contribution in [0.2, 0.25) is 0 Å². The predicted molar refractivity (Wildman–Crippen MR) is 65.2 cm³/mol. The largest absolute Gasteiger partial charge is 0.352 e. The Morgan fingerprint density at radius 1 is 1.12 bits per heavy atom. The third kappa shape index (κ3) is 3.43. The summed E-state index contributed by atoms with van der Waals surface area (Å²) in [5.41, 5.74) is 0. The van der Waals surface area contributed by atoms with Crippen molar-refractivity contribution in [3.63, 3.8) is 0 Å². The minimum Gasteiger partial charge on any atom is -0.352 e. The topological polar surface area (TPSA) is 42.2 Å². The van der Waals surface area contributed by atoms with Crippen molar-refractivity contribution in [3.8, 4) is 6.07 Å². The molecule has 1 aliphatic heterocycles. The molecule has 3 nitrogen and oxygen atoms in total. The Bertz CT molecular complexity index is 258. The standard InChI is InChI=1S/C14H23NO2/c1-2-3-12-9-16-14(17-10-12)13-6-4-11(8-15)5-7-13/h11-14H,2-7,9-10H2,1H3/t11-,12?,13-,14?. The van der Waals surface area contributed by atoms with E-state index in [4.69, 9.17) is 14.7 Å². The third-order valence-electron chi connectivity index (χ3n) is 4.03. The lowest BCUT2D eigenvalue weighted by molar-refractivity contribution is -0.229. The Kier molecular flexibility index (Phi) is 4.82. The Labute approximate surface area is 104 Å². The van der Waals surface area contributed by atoms with Crippen molar-refractivity contribution in [2.45, 2.75) is 51.7 Å². The molecule has 3 heteroatoms. The van der Waals surface area contributed by atoms with E-state index in [1.807, 2.05) is 0 Å². The molecule has 2 aliphatic rings. The highest BCUT2D eigenvalue weighted by atomic mass is 16.7. The summed E-state index contributed by atoms with van der Waals surface area (Å²) in [7, 11) is 0. The van der Waals surface area contributed by atoms with E-state index in [9.17, 15) is 0 Å². The van der Waals surface area contributed by atoms with Gasteiger partial charge in [0.1, 0.15) is 0 Å². The molecule has 0 spiro atoms. The maximum absolute atomic E-state index is 8.87. The second-order valence-corrected chi connectivity index (χ2v) is 5.43. The summed E-state index contributed by atoms with van der Waals surface area (Å²) in [6.07, 6.45) is 6.61. The minimum atomic E-state index is 0.00255. The lowest BCUT2D eigenvalue weighted by Gasteiger charge is -2.36. The second kappa shape index (κ2) is 6.37. The van der Waals surface area contributed by atoms with Gasteiger partial charge in [-0.1, -0.05) is 13.3 Å². The molecule has 1 saturated carbocycles. The average Bonchev–Trinajstić information content (AvgIpc) is 2.40. The summed E-state index contributed by atoms with van der Waals surface area (Å²) < 4.78 is 11.7. The molecule has 0 radical (unpaired) electrons. The molecule has 0 aromatic heterocycles. The van der Waals surface area contributed by atoms with Gasteiger partial charge >= 0.3 is 0 Å². The first-order valence-corrected chi connectivity index (χ1v) is 6.96. The normalized spacial score (nSPS) is 38.6. The van der Waals surface area contributed by atoms with Crippen LogP contribution in [-0.2, 0) is 9.47 Å². The van der Waals surface area contributed by atoms with Crippen molar-refractivity contribution in [1.29, 1.82) is 5.26 Å². The van der Waals surface area contributed by atoms with Gasteiger partial charge in [0.25, 0.3) is 0 Å². The maximum Gasteiger partial charge on any atom is 0.160 e. The minimum absolute atomic E-state index is 0.00255. The van der Waals surface area contributed by atoms with Gasteiger partial charge in [0, 0.05) is 17.8 Å². The second-order valence-electron chi connectivity index (χ2n) is 5.43. The first kappa shape index (κ1) is 12.9. The highest BCUT2D eigenvalue weighted by molar-refractivity contribution is 4.88. The van der Waals surface area contributed by atoms with Crippen LogP contribution in [0.4, 0.5) is 0 Å². The number of rotatable bonds is 3. The van der Waals surface area contributed by atoms with Crippen molar-refractivity contribution in [2.24, 2.45) is 17.8 Å². The molecule has 0 N–H and O–H groups in total. The summed E-state index contributed by atoms with van der Waals surface area (Å²) in [5.74, 6) is 1.37. The van der Waals surface area contributed by atoms with E-state index in [0.29, 0.717) is 11.8 Å². The monoisotopic (exact) mass is 237 g/mol. The Hall–Kier alpha value is -0.590. The highest BCUT2D eigenvalue weighted by Gasteiger charge is 2.32. The zero-order valence-electron chi connectivity index (χ0n) is 10.7. The van der Waals surface area contributed by atoms with Gasteiger partial charge in [-0.25, -0.2) is 0 Å². The van der Waals surface area contributed by atoms with Crippen LogP contribution in [0.25, 0.3) is 0 Å². The third-order valence-corrected chi connectivity index (χ3v) is 4.03. The van der Waals surface area contributed by atoms with Crippen molar-refractivity contribution in [1.82, 2.24) is 0 Å². The molecule has 0 aromatic rings. The summed E-state index contributed by atoms with van der Waals surface area (Å²) in [6.45, 7) is 3.92. The van der Waals surface area contributed by atoms with Crippen LogP contribution >= 0.6 is 0 Å². The molecule has 96 valence electrons. The molecule has 0 atom stereocenters. The van der Waals surface area contributed by atoms with Crippen LogP contribution in [-0.4, -0.2) is 19.5 Å². The molecule has 17 heavy (non-hydrogen) atoms. The average molecular weight is 237 g/mol. The van der Waals surface area contributed by atoms with Crippen LogP contribution < -0.4 is 0 Å². The van der Waals surface area contributed by atoms with Gasteiger partial charge in [0.05, 0.1) is 19.3 Å². The van der Waals surface area contributed by atoms with Crippen molar-refractivity contribution >= 4 is 0 Å². The lowest BCUT2D eigenvalue weighted by Crippen LogP contribution is -2.38. The van der Waals surface area contributed by atoms with Crippen LogP contribution in [0.3, 0.4) is 0 Å². The van der Waals surface area contributed by atoms with Gasteiger partial charge in [0.15, 0.2) is 6.29 Å². The zero-order chi connectivity index (χ0) is 12.1. The Morgan fingerprint density at radius 3 is 2.29 bits per heavy atom. The molecule has 2 fully saturated rings. The van der Waals surface area contributed by atoms with Crippen molar-refractivity contribution in [2.75, 3.05) is 13.2 Å². The first-order valence-electron chi connectivity index (χ1n) is 6.96. The molecule has 1 heterocycles. The molecule has 1 aliphatic carbocycles. The van der Waals surface area contributed by atoms with E-state index in [1.165, 1.54) is 12.8 Å². The quantitative estimate of drug-likeness (QED) is 0.757. The van der Waals surface area contributed by atoms with Gasteiger partial charge in [-0.05, 0) is 32.1 Å². The molecule has 0 unspecified atom stereocenters. The molecule has 0 aromatic carbocycles. The number of nitriles is 1. The summed E-state index contributed by atoms with van der Waals surface area (Å²) in [5, 5.41) is 8.87. The van der Waals surface area contributed by atoms with E-state index < -0.39 is 0 Å². The predicted octanol–water partition coefficient (Wildman–Crippen LogP) is 3.11. The Balaban J connectivity index is 1.72. The van der Waals surface area contributed by atoms with Gasteiger partial charge in [0.2, 0.25) is 0 Å². The van der Waals surface area contributed by atoms with Gasteiger partial charge in [-0.15, -0.1) is 0 Å². The summed E-state index contributed by atoms with van der Waals surface area (Å²) in [6, 6.07) is 2.37. The molecule has 0 bridgehead atoms. The fourth-order valence-corrected chi connectivity index (χ4v) is 2.93. The summed E-state index contributed by atoms with van der Waals surface area (Å²) in [4.78, 5) is 0. The smallest absolute Gasteiger partial charge is 0.160 e. The van der Waals surface area contributed by atoms with Crippen molar-refractivity contribution in [3.05, 3.63) is 0 Å². The highest BCUT2D eigenvalue weighted by Crippen LogP contribution is 2.33. The zero-order valence-corrected chi connectivity index (χ0v) is 10.7. The van der Waals surface area contributed by atoms with Crippen LogP contribution in [0.5, 0.6) is 0 Å². The fourth-order valence-electron chi connectivity index (χ4n) is 2.93. The molecule has 0 amide bonds.